The molecule has 136 valence electrons. The Labute approximate surface area is 168 Å². The molecule has 0 saturated heterocycles. The molecular weight excluding hydrogens is 379 g/mol. The molecule has 27 heavy (non-hydrogen) atoms. The maximum absolute atomic E-state index is 11.3. The standard InChI is InChI=1S/C22H18Cl2N2O/c1-2-12-25-13-6-7-15(25)14-17-16-8-3-4-11-20(16)26(22(17)27)21-18(23)9-5-10-19(21)24/h1,3-11,13,17,22,27H,12,14H2. The van der Waals surface area contributed by atoms with Gasteiger partial charge in [0.1, 0.15) is 6.23 Å². The third-order valence-electron chi connectivity index (χ3n) is 5.01. The highest BCUT2D eigenvalue weighted by Crippen LogP contribution is 2.49. The number of terminal acetylenes is 1. The number of aliphatic hydroxyl groups is 1. The van der Waals surface area contributed by atoms with E-state index in [1.54, 1.807) is 18.2 Å². The summed E-state index contributed by atoms with van der Waals surface area (Å²) in [5.74, 6) is 2.55. The minimum absolute atomic E-state index is 0.125. The van der Waals surface area contributed by atoms with E-state index in [2.05, 4.69) is 5.92 Å². The predicted molar refractivity (Wildman–Crippen MR) is 111 cm³/mol. The third-order valence-corrected chi connectivity index (χ3v) is 5.62. The minimum atomic E-state index is -0.783. The van der Waals surface area contributed by atoms with E-state index >= 15 is 0 Å². The summed E-state index contributed by atoms with van der Waals surface area (Å²) >= 11 is 12.9. The van der Waals surface area contributed by atoms with Crippen molar-refractivity contribution < 1.29 is 5.11 Å². The maximum atomic E-state index is 11.3. The molecule has 0 fully saturated rings. The molecule has 1 aliphatic rings. The first-order chi connectivity index (χ1) is 13.1. The summed E-state index contributed by atoms with van der Waals surface area (Å²) in [5.41, 5.74) is 3.69. The fourth-order valence-corrected chi connectivity index (χ4v) is 4.38. The van der Waals surface area contributed by atoms with Gasteiger partial charge in [-0.1, -0.05) is 53.4 Å². The molecule has 0 spiro atoms. The first-order valence-corrected chi connectivity index (χ1v) is 9.45. The maximum Gasteiger partial charge on any atom is 0.138 e. The number of hydrogen-bond acceptors (Lipinski definition) is 2. The van der Waals surface area contributed by atoms with Crippen LogP contribution in [0.5, 0.6) is 0 Å². The monoisotopic (exact) mass is 396 g/mol. The summed E-state index contributed by atoms with van der Waals surface area (Å²) in [6.07, 6.45) is 7.31. The van der Waals surface area contributed by atoms with Crippen molar-refractivity contribution in [2.45, 2.75) is 25.1 Å². The van der Waals surface area contributed by atoms with Crippen LogP contribution in [0.1, 0.15) is 17.2 Å². The molecule has 0 saturated carbocycles. The topological polar surface area (TPSA) is 28.4 Å². The van der Waals surface area contributed by atoms with Crippen molar-refractivity contribution >= 4 is 34.6 Å². The van der Waals surface area contributed by atoms with Gasteiger partial charge in [0.05, 0.1) is 22.3 Å². The number of aromatic nitrogens is 1. The van der Waals surface area contributed by atoms with E-state index in [9.17, 15) is 5.11 Å². The number of benzene rings is 2. The first kappa shape index (κ1) is 18.0. The van der Waals surface area contributed by atoms with Gasteiger partial charge < -0.3 is 14.6 Å². The second-order valence-electron chi connectivity index (χ2n) is 6.55. The Balaban J connectivity index is 1.77. The van der Waals surface area contributed by atoms with Crippen molar-refractivity contribution in [2.24, 2.45) is 0 Å². The number of fused-ring (bicyclic) bond motifs is 1. The molecule has 5 heteroatoms. The lowest BCUT2D eigenvalue weighted by Gasteiger charge is -2.28. The average molecular weight is 397 g/mol. The third kappa shape index (κ3) is 3.11. The number of para-hydroxylation sites is 2. The molecular formula is C22H18Cl2N2O. The van der Waals surface area contributed by atoms with Gasteiger partial charge in [-0.15, -0.1) is 6.42 Å². The average Bonchev–Trinajstić information content (AvgIpc) is 3.20. The van der Waals surface area contributed by atoms with Gasteiger partial charge >= 0.3 is 0 Å². The van der Waals surface area contributed by atoms with Gasteiger partial charge in [-0.05, 0) is 42.3 Å². The van der Waals surface area contributed by atoms with Gasteiger partial charge in [-0.2, -0.15) is 0 Å². The number of rotatable bonds is 4. The van der Waals surface area contributed by atoms with Crippen LogP contribution in [0.4, 0.5) is 11.4 Å². The predicted octanol–water partition coefficient (Wildman–Crippen LogP) is 5.22. The van der Waals surface area contributed by atoms with Crippen molar-refractivity contribution in [1.29, 1.82) is 0 Å². The lowest BCUT2D eigenvalue weighted by atomic mass is 9.95. The summed E-state index contributed by atoms with van der Waals surface area (Å²) in [7, 11) is 0. The number of halogens is 2. The Kier molecular flexibility index (Phi) is 4.88. The van der Waals surface area contributed by atoms with Crippen LogP contribution in [-0.4, -0.2) is 15.9 Å². The van der Waals surface area contributed by atoms with E-state index in [1.165, 1.54) is 0 Å². The highest BCUT2D eigenvalue weighted by Gasteiger charge is 2.39. The molecule has 3 nitrogen and oxygen atoms in total. The molecule has 0 amide bonds. The zero-order chi connectivity index (χ0) is 19.0. The van der Waals surface area contributed by atoms with E-state index in [0.29, 0.717) is 28.7 Å². The van der Waals surface area contributed by atoms with Crippen LogP contribution in [-0.2, 0) is 13.0 Å². The zero-order valence-electron chi connectivity index (χ0n) is 14.5. The molecule has 0 bridgehead atoms. The van der Waals surface area contributed by atoms with E-state index < -0.39 is 6.23 Å². The number of anilines is 2. The quantitative estimate of drug-likeness (QED) is 0.611. The summed E-state index contributed by atoms with van der Waals surface area (Å²) in [6.45, 7) is 0.507. The van der Waals surface area contributed by atoms with Gasteiger partial charge in [0.25, 0.3) is 0 Å². The second kappa shape index (κ2) is 7.32. The Morgan fingerprint density at radius 2 is 1.74 bits per heavy atom. The molecule has 4 rings (SSSR count). The van der Waals surface area contributed by atoms with Crippen LogP contribution < -0.4 is 4.90 Å². The van der Waals surface area contributed by atoms with Crippen LogP contribution in [0.15, 0.2) is 60.8 Å². The van der Waals surface area contributed by atoms with Gasteiger partial charge in [-0.25, -0.2) is 0 Å². The first-order valence-electron chi connectivity index (χ1n) is 8.69. The minimum Gasteiger partial charge on any atom is -0.373 e. The Morgan fingerprint density at radius 3 is 2.48 bits per heavy atom. The second-order valence-corrected chi connectivity index (χ2v) is 7.37. The van der Waals surface area contributed by atoms with Crippen LogP contribution >= 0.6 is 23.2 Å². The normalized spacial score (nSPS) is 18.4. The summed E-state index contributed by atoms with van der Waals surface area (Å²) < 4.78 is 2.03. The molecule has 0 aliphatic carbocycles. The molecule has 1 aliphatic heterocycles. The van der Waals surface area contributed by atoms with Crippen molar-refractivity contribution in [1.82, 2.24) is 4.57 Å². The van der Waals surface area contributed by atoms with Crippen molar-refractivity contribution in [3.8, 4) is 12.3 Å². The van der Waals surface area contributed by atoms with Crippen molar-refractivity contribution in [2.75, 3.05) is 4.90 Å². The fourth-order valence-electron chi connectivity index (χ4n) is 3.80. The van der Waals surface area contributed by atoms with E-state index in [0.717, 1.165) is 16.9 Å². The number of aliphatic hydroxyl groups excluding tert-OH is 1. The number of nitrogens with zero attached hydrogens (tertiary/aromatic N) is 2. The molecule has 2 unspecified atom stereocenters. The van der Waals surface area contributed by atoms with Crippen LogP contribution in [0, 0.1) is 12.3 Å². The van der Waals surface area contributed by atoms with Crippen LogP contribution in [0.25, 0.3) is 0 Å². The van der Waals surface area contributed by atoms with Crippen LogP contribution in [0.3, 0.4) is 0 Å². The molecule has 2 atom stereocenters. The van der Waals surface area contributed by atoms with E-state index in [4.69, 9.17) is 29.6 Å². The Morgan fingerprint density at radius 1 is 1.00 bits per heavy atom. The van der Waals surface area contributed by atoms with Gasteiger partial charge in [0.2, 0.25) is 0 Å². The molecule has 1 aromatic heterocycles. The molecule has 3 aromatic rings. The Hall–Kier alpha value is -2.38. The largest absolute Gasteiger partial charge is 0.373 e. The molecule has 0 radical (unpaired) electrons. The smallest absolute Gasteiger partial charge is 0.138 e. The van der Waals surface area contributed by atoms with Gasteiger partial charge in [-0.3, -0.25) is 0 Å². The van der Waals surface area contributed by atoms with Crippen LogP contribution in [0.2, 0.25) is 10.0 Å². The van der Waals surface area contributed by atoms with E-state index in [-0.39, 0.29) is 5.92 Å². The SMILES string of the molecule is C#CCn1cccc1CC1c2ccccc2N(c2c(Cl)cccc2Cl)C1O. The lowest BCUT2D eigenvalue weighted by molar-refractivity contribution is 0.159. The highest BCUT2D eigenvalue weighted by atomic mass is 35.5. The molecule has 1 N–H and O–H groups in total. The van der Waals surface area contributed by atoms with E-state index in [1.807, 2.05) is 52.1 Å². The molecule has 2 heterocycles. The van der Waals surface area contributed by atoms with Crippen molar-refractivity contribution in [3.63, 3.8) is 0 Å². The zero-order valence-corrected chi connectivity index (χ0v) is 16.0. The molecule has 2 aromatic carbocycles. The van der Waals surface area contributed by atoms with Crippen molar-refractivity contribution in [3.05, 3.63) is 82.1 Å². The summed E-state index contributed by atoms with van der Waals surface area (Å²) in [5, 5.41) is 12.3. The van der Waals surface area contributed by atoms with Gasteiger partial charge in [0.15, 0.2) is 0 Å². The fraction of sp³-hybridized carbons (Fsp3) is 0.182. The lowest BCUT2D eigenvalue weighted by Crippen LogP contribution is -2.31. The summed E-state index contributed by atoms with van der Waals surface area (Å²) in [4.78, 5) is 1.83. The Bertz CT molecular complexity index is 1000. The summed E-state index contributed by atoms with van der Waals surface area (Å²) in [6, 6.07) is 17.3. The van der Waals surface area contributed by atoms with Gasteiger partial charge in [0, 0.05) is 23.5 Å². The highest BCUT2D eigenvalue weighted by molar-refractivity contribution is 6.39. The number of hydrogen-bond donors (Lipinski definition) is 1.